The van der Waals surface area contributed by atoms with Crippen molar-refractivity contribution < 1.29 is 0 Å². The van der Waals surface area contributed by atoms with Gasteiger partial charge < -0.3 is 0 Å². The van der Waals surface area contributed by atoms with E-state index in [9.17, 15) is 0 Å². The van der Waals surface area contributed by atoms with Crippen LogP contribution in [0.2, 0.25) is 0 Å². The van der Waals surface area contributed by atoms with Gasteiger partial charge in [-0.2, -0.15) is 0 Å². The van der Waals surface area contributed by atoms with E-state index in [2.05, 4.69) is 72.9 Å². The highest BCUT2D eigenvalue weighted by atomic mass is 127. The molecule has 8 bridgehead atoms. The summed E-state index contributed by atoms with van der Waals surface area (Å²) in [6.45, 7) is 10.8. The largest absolute Gasteiger partial charge is 0.0788 e. The minimum atomic E-state index is 0.611. The molecule has 8 fully saturated rings. The molecule has 0 aliphatic heterocycles. The summed E-state index contributed by atoms with van der Waals surface area (Å²) >= 11 is 5.93. The van der Waals surface area contributed by atoms with Crippen LogP contribution >= 0.6 is 45.2 Å². The van der Waals surface area contributed by atoms with Gasteiger partial charge in [0.1, 0.15) is 0 Å². The first-order chi connectivity index (χ1) is 11.7. The Hall–Kier alpha value is 1.46. The van der Waals surface area contributed by atoms with Crippen LogP contribution in [-0.2, 0) is 0 Å². The average Bonchev–Trinajstić information content (AvgIpc) is 2.25. The molecule has 0 spiro atoms. The lowest BCUT2D eigenvalue weighted by Gasteiger charge is -2.79. The molecule has 0 nitrogen and oxygen atoms in total. The van der Waals surface area contributed by atoms with Crippen molar-refractivity contribution in [2.75, 3.05) is 0 Å². The van der Waals surface area contributed by atoms with Crippen LogP contribution in [0.1, 0.15) is 105 Å². The molecule has 26 heavy (non-hydrogen) atoms. The molecule has 0 N–H and O–H groups in total. The molecule has 0 aromatic carbocycles. The maximum absolute atomic E-state index is 2.96. The first-order valence-corrected chi connectivity index (χ1v) is 13.3. The predicted octanol–water partition coefficient (Wildman–Crippen LogP) is 8.09. The zero-order valence-corrected chi connectivity index (χ0v) is 21.6. The van der Waals surface area contributed by atoms with Crippen molar-refractivity contribution in [1.29, 1.82) is 0 Å². The van der Waals surface area contributed by atoms with Gasteiger partial charge >= 0.3 is 0 Å². The Bertz CT molecular complexity index is 540. The molecule has 8 saturated carbocycles. The fourth-order valence-corrected chi connectivity index (χ4v) is 17.4. The minimum Gasteiger partial charge on any atom is -0.0788 e. The number of halogens is 2. The van der Waals surface area contributed by atoms with Crippen molar-refractivity contribution in [3.63, 3.8) is 0 Å². The Morgan fingerprint density at radius 1 is 0.385 bits per heavy atom. The van der Waals surface area contributed by atoms with Gasteiger partial charge in [0.15, 0.2) is 0 Å². The molecule has 146 valence electrons. The minimum absolute atomic E-state index is 0.611. The van der Waals surface area contributed by atoms with E-state index < -0.39 is 0 Å². The predicted molar refractivity (Wildman–Crippen MR) is 126 cm³/mol. The van der Waals surface area contributed by atoms with Crippen molar-refractivity contribution in [3.05, 3.63) is 0 Å². The molecule has 0 amide bonds. The lowest BCUT2D eigenvalue weighted by Crippen LogP contribution is -2.71. The van der Waals surface area contributed by atoms with Gasteiger partial charge in [0.2, 0.25) is 0 Å². The summed E-state index contributed by atoms with van der Waals surface area (Å²) in [5.74, 6) is 0. The van der Waals surface area contributed by atoms with Crippen LogP contribution < -0.4 is 0 Å². The summed E-state index contributed by atoms with van der Waals surface area (Å²) in [4.78, 5) is 0. The monoisotopic (exact) mass is 578 g/mol. The smallest absolute Gasteiger partial charge is 0.0238 e. The van der Waals surface area contributed by atoms with Gasteiger partial charge in [-0.25, -0.2) is 0 Å². The third-order valence-electron chi connectivity index (χ3n) is 10.2. The second-order valence-electron chi connectivity index (χ2n) is 14.2. The highest BCUT2D eigenvalue weighted by Crippen LogP contribution is 2.84. The zero-order chi connectivity index (χ0) is 18.5. The van der Waals surface area contributed by atoms with Gasteiger partial charge in [-0.15, -0.1) is 0 Å². The quantitative estimate of drug-likeness (QED) is 0.218. The van der Waals surface area contributed by atoms with E-state index >= 15 is 0 Å². The van der Waals surface area contributed by atoms with Crippen LogP contribution in [0.5, 0.6) is 0 Å². The van der Waals surface area contributed by atoms with E-state index in [1.165, 1.54) is 38.5 Å². The SMILES string of the molecule is CC12CC3(C)CC(I)(C1)CC(C14CC5(C)CC(C)(CC(I)(C5)C1)C4)(C2)C3. The van der Waals surface area contributed by atoms with Crippen LogP contribution in [0.15, 0.2) is 0 Å². The Morgan fingerprint density at radius 3 is 0.885 bits per heavy atom. The molecular weight excluding hydrogens is 542 g/mol. The molecule has 8 aliphatic carbocycles. The Balaban J connectivity index is 1.53. The van der Waals surface area contributed by atoms with Crippen LogP contribution in [0, 0.1) is 32.5 Å². The summed E-state index contributed by atoms with van der Waals surface area (Å²) in [7, 11) is 0. The van der Waals surface area contributed by atoms with Gasteiger partial charge in [0, 0.05) is 6.84 Å². The molecule has 8 aliphatic rings. The van der Waals surface area contributed by atoms with Crippen molar-refractivity contribution in [1.82, 2.24) is 0 Å². The van der Waals surface area contributed by atoms with Gasteiger partial charge in [-0.3, -0.25) is 0 Å². The highest BCUT2D eigenvalue weighted by Gasteiger charge is 2.75. The van der Waals surface area contributed by atoms with Gasteiger partial charge in [0.25, 0.3) is 0 Å². The molecule has 0 radical (unpaired) electrons. The lowest BCUT2D eigenvalue weighted by atomic mass is 9.28. The van der Waals surface area contributed by atoms with Crippen molar-refractivity contribution in [3.8, 4) is 0 Å². The first kappa shape index (κ1) is 18.2. The third-order valence-corrected chi connectivity index (χ3v) is 12.5. The summed E-state index contributed by atoms with van der Waals surface area (Å²) in [5.41, 5.74) is 3.85. The van der Waals surface area contributed by atoms with Crippen LogP contribution in [0.25, 0.3) is 0 Å². The Labute approximate surface area is 188 Å². The van der Waals surface area contributed by atoms with Crippen molar-refractivity contribution >= 4 is 45.2 Å². The number of hydrogen-bond acceptors (Lipinski definition) is 0. The summed E-state index contributed by atoms with van der Waals surface area (Å²) < 4.78 is 1.22. The standard InChI is InChI=1S/C24H36I2/c1-17-5-18(2)8-21(7-17,15-23(25,11-17)12-18)22-9-19(3)6-20(4,10-22)14-24(26,13-19)16-22/h5-16H2,1-4H3. The Morgan fingerprint density at radius 2 is 0.654 bits per heavy atom. The second-order valence-corrected chi connectivity index (χ2v) is 18.8. The van der Waals surface area contributed by atoms with Crippen LogP contribution in [-0.4, -0.2) is 6.84 Å². The fourth-order valence-electron chi connectivity index (χ4n) is 12.2. The van der Waals surface area contributed by atoms with Gasteiger partial charge in [0.05, 0.1) is 0 Å². The molecule has 2 heteroatoms. The van der Waals surface area contributed by atoms with Gasteiger partial charge in [-0.1, -0.05) is 72.9 Å². The third kappa shape index (κ3) is 2.24. The molecule has 4 atom stereocenters. The summed E-state index contributed by atoms with van der Waals surface area (Å²) in [6, 6.07) is 0. The molecule has 0 aromatic heterocycles. The number of alkyl halides is 2. The molecule has 4 unspecified atom stereocenters. The molecule has 8 rings (SSSR count). The maximum atomic E-state index is 2.96. The summed E-state index contributed by atoms with van der Waals surface area (Å²) in [5, 5.41) is 0. The average molecular weight is 578 g/mol. The first-order valence-electron chi connectivity index (χ1n) is 11.1. The molecule has 0 saturated heterocycles. The fraction of sp³-hybridized carbons (Fsp3) is 1.00. The molecule has 0 aromatic rings. The highest BCUT2D eigenvalue weighted by molar-refractivity contribution is 14.1. The van der Waals surface area contributed by atoms with E-state index in [0.717, 1.165) is 0 Å². The van der Waals surface area contributed by atoms with Crippen molar-refractivity contribution in [2.24, 2.45) is 32.5 Å². The van der Waals surface area contributed by atoms with Crippen molar-refractivity contribution in [2.45, 2.75) is 112 Å². The van der Waals surface area contributed by atoms with Crippen LogP contribution in [0.3, 0.4) is 0 Å². The van der Waals surface area contributed by atoms with Gasteiger partial charge in [-0.05, 0) is 110 Å². The van der Waals surface area contributed by atoms with E-state index in [-0.39, 0.29) is 0 Å². The topological polar surface area (TPSA) is 0 Å². The zero-order valence-electron chi connectivity index (χ0n) is 17.2. The Kier molecular flexibility index (Phi) is 3.19. The lowest BCUT2D eigenvalue weighted by molar-refractivity contribution is -0.250. The van der Waals surface area contributed by atoms with E-state index in [1.807, 2.05) is 0 Å². The van der Waals surface area contributed by atoms with E-state index in [1.54, 1.807) is 38.5 Å². The molecular formula is C24H36I2. The van der Waals surface area contributed by atoms with E-state index in [0.29, 0.717) is 39.3 Å². The van der Waals surface area contributed by atoms with Crippen LogP contribution in [0.4, 0.5) is 0 Å². The number of rotatable bonds is 1. The maximum Gasteiger partial charge on any atom is 0.0238 e. The number of hydrogen-bond donors (Lipinski definition) is 0. The van der Waals surface area contributed by atoms with E-state index in [4.69, 9.17) is 0 Å². The second kappa shape index (κ2) is 4.54. The normalized spacial score (nSPS) is 70.8. The summed E-state index contributed by atoms with van der Waals surface area (Å²) in [6.07, 6.45) is 18.5. The molecule has 0 heterocycles.